The molecule has 0 amide bonds. The highest BCUT2D eigenvalue weighted by atomic mass is 16.1. The Morgan fingerprint density at radius 2 is 2.04 bits per heavy atom. The van der Waals surface area contributed by atoms with Crippen molar-refractivity contribution in [2.75, 3.05) is 0 Å². The summed E-state index contributed by atoms with van der Waals surface area (Å²) < 4.78 is 3.80. The highest BCUT2D eigenvalue weighted by molar-refractivity contribution is 6.01. The van der Waals surface area contributed by atoms with Crippen LogP contribution in [-0.4, -0.2) is 30.3 Å². The molecule has 7 nitrogen and oxygen atoms in total. The first-order valence-corrected chi connectivity index (χ1v) is 9.19. The first-order chi connectivity index (χ1) is 12.3. The number of aromatic nitrogens is 5. The summed E-state index contributed by atoms with van der Waals surface area (Å²) in [5.41, 5.74) is 0.518. The van der Waals surface area contributed by atoms with E-state index in [1.165, 1.54) is 0 Å². The van der Waals surface area contributed by atoms with Crippen LogP contribution in [-0.2, 0) is 13.0 Å². The van der Waals surface area contributed by atoms with Gasteiger partial charge in [0.1, 0.15) is 11.5 Å². The van der Waals surface area contributed by atoms with Crippen LogP contribution >= 0.6 is 0 Å². The fourth-order valence-electron chi connectivity index (χ4n) is 4.05. The predicted molar refractivity (Wildman–Crippen MR) is 90.0 cm³/mol. The first-order valence-electron chi connectivity index (χ1n) is 9.19. The minimum atomic E-state index is -0.920. The second-order valence-corrected chi connectivity index (χ2v) is 6.96. The fourth-order valence-corrected chi connectivity index (χ4v) is 4.05. The number of rotatable bonds is 4. The van der Waals surface area contributed by atoms with Gasteiger partial charge in [0.2, 0.25) is 5.78 Å². The molecule has 1 saturated carbocycles. The highest BCUT2D eigenvalue weighted by Crippen LogP contribution is 2.31. The number of hydrogen-bond acceptors (Lipinski definition) is 5. The molecule has 2 aromatic heterocycles. The van der Waals surface area contributed by atoms with Crippen molar-refractivity contribution in [2.24, 2.45) is 0 Å². The maximum absolute atomic E-state index is 13.1. The number of carbonyl (C=O) groups excluding carboxylic acids is 1. The third-order valence-corrected chi connectivity index (χ3v) is 5.38. The smallest absolute Gasteiger partial charge is 0.205 e. The molecule has 1 aliphatic carbocycles. The quantitative estimate of drug-likeness (QED) is 0.800. The van der Waals surface area contributed by atoms with Crippen LogP contribution in [0.5, 0.6) is 0 Å². The fraction of sp³-hybridized carbons (Fsp3) is 0.611. The number of hydrogen-bond donors (Lipinski definition) is 0. The van der Waals surface area contributed by atoms with E-state index in [1.54, 1.807) is 12.3 Å². The molecule has 0 spiro atoms. The van der Waals surface area contributed by atoms with Crippen LogP contribution in [0.25, 0.3) is 0 Å². The maximum Gasteiger partial charge on any atom is 0.205 e. The van der Waals surface area contributed by atoms with Crippen molar-refractivity contribution in [3.63, 3.8) is 0 Å². The molecule has 0 radical (unpaired) electrons. The van der Waals surface area contributed by atoms with Gasteiger partial charge in [-0.15, -0.1) is 10.2 Å². The Bertz CT molecular complexity index is 808. The van der Waals surface area contributed by atoms with Gasteiger partial charge in [-0.05, 0) is 31.7 Å². The predicted octanol–water partition coefficient (Wildman–Crippen LogP) is 2.81. The largest absolute Gasteiger partial charge is 0.313 e. The van der Waals surface area contributed by atoms with Crippen LogP contribution in [0.15, 0.2) is 12.3 Å². The van der Waals surface area contributed by atoms with Crippen LogP contribution in [0.4, 0.5) is 0 Å². The standard InChI is InChI=1S/C18H22N6O/c19-12-14(18-22-21-16-8-2-1-5-11-23(16)18)17(25)15-9-10-20-24(15)13-6-3-4-7-13/h9-10,13-14H,1-8,11H2. The Morgan fingerprint density at radius 3 is 2.84 bits per heavy atom. The Balaban J connectivity index is 1.66. The molecule has 4 rings (SSSR count). The Kier molecular flexibility index (Phi) is 4.35. The summed E-state index contributed by atoms with van der Waals surface area (Å²) in [6.07, 6.45) is 10.2. The number of aryl methyl sites for hydroxylation is 1. The molecule has 2 aliphatic rings. The molecule has 1 unspecified atom stereocenters. The topological polar surface area (TPSA) is 89.4 Å². The van der Waals surface area contributed by atoms with E-state index in [1.807, 2.05) is 9.25 Å². The summed E-state index contributed by atoms with van der Waals surface area (Å²) in [6.45, 7) is 0.783. The lowest BCUT2D eigenvalue weighted by Gasteiger charge is -2.15. The van der Waals surface area contributed by atoms with Crippen molar-refractivity contribution in [3.8, 4) is 6.07 Å². The van der Waals surface area contributed by atoms with Gasteiger partial charge in [0.25, 0.3) is 0 Å². The monoisotopic (exact) mass is 338 g/mol. The average Bonchev–Trinajstić information content (AvgIpc) is 3.34. The summed E-state index contributed by atoms with van der Waals surface area (Å²) >= 11 is 0. The molecule has 0 aromatic carbocycles. The number of nitrogens with zero attached hydrogens (tertiary/aromatic N) is 6. The summed E-state index contributed by atoms with van der Waals surface area (Å²) in [7, 11) is 0. The Hall–Kier alpha value is -2.49. The number of nitriles is 1. The molecule has 130 valence electrons. The minimum absolute atomic E-state index is 0.216. The molecule has 1 aliphatic heterocycles. The molecule has 1 fully saturated rings. The maximum atomic E-state index is 13.1. The Labute approximate surface area is 146 Å². The Morgan fingerprint density at radius 1 is 1.20 bits per heavy atom. The lowest BCUT2D eigenvalue weighted by atomic mass is 10.0. The van der Waals surface area contributed by atoms with Gasteiger partial charge in [-0.25, -0.2) is 0 Å². The third-order valence-electron chi connectivity index (χ3n) is 5.38. The van der Waals surface area contributed by atoms with E-state index in [4.69, 9.17) is 0 Å². The van der Waals surface area contributed by atoms with Gasteiger partial charge in [-0.1, -0.05) is 19.3 Å². The second kappa shape index (κ2) is 6.79. The van der Waals surface area contributed by atoms with E-state index in [2.05, 4.69) is 21.4 Å². The van der Waals surface area contributed by atoms with Gasteiger partial charge >= 0.3 is 0 Å². The molecule has 0 bridgehead atoms. The summed E-state index contributed by atoms with van der Waals surface area (Å²) in [5, 5.41) is 22.5. The van der Waals surface area contributed by atoms with Crippen molar-refractivity contribution in [2.45, 2.75) is 69.9 Å². The lowest BCUT2D eigenvalue weighted by molar-refractivity contribution is 0.0961. The van der Waals surface area contributed by atoms with Crippen LogP contribution in [0.2, 0.25) is 0 Å². The van der Waals surface area contributed by atoms with E-state index < -0.39 is 5.92 Å². The van der Waals surface area contributed by atoms with Crippen LogP contribution < -0.4 is 0 Å². The number of ketones is 1. The van der Waals surface area contributed by atoms with Crippen LogP contribution in [0, 0.1) is 11.3 Å². The molecule has 1 atom stereocenters. The van der Waals surface area contributed by atoms with Crippen molar-refractivity contribution in [3.05, 3.63) is 29.6 Å². The number of fused-ring (bicyclic) bond motifs is 1. The van der Waals surface area contributed by atoms with Gasteiger partial charge in [0.15, 0.2) is 11.7 Å². The number of Topliss-reactive ketones (excluding diaryl/α,β-unsaturated/α-hetero) is 1. The SMILES string of the molecule is N#CC(C(=O)c1ccnn1C1CCCC1)c1nnc2n1CCCCC2. The van der Waals surface area contributed by atoms with Gasteiger partial charge in [-0.2, -0.15) is 10.4 Å². The summed E-state index contributed by atoms with van der Waals surface area (Å²) in [6, 6.07) is 4.16. The van der Waals surface area contributed by atoms with Gasteiger partial charge < -0.3 is 4.57 Å². The summed E-state index contributed by atoms with van der Waals surface area (Å²) in [5.74, 6) is 0.246. The normalized spacial score (nSPS) is 19.2. The van der Waals surface area contributed by atoms with Crippen LogP contribution in [0.3, 0.4) is 0 Å². The molecule has 2 aromatic rings. The zero-order valence-corrected chi connectivity index (χ0v) is 14.3. The third kappa shape index (κ3) is 2.86. The first kappa shape index (κ1) is 16.0. The zero-order chi connectivity index (χ0) is 17.2. The van der Waals surface area contributed by atoms with E-state index in [-0.39, 0.29) is 11.8 Å². The van der Waals surface area contributed by atoms with Crippen molar-refractivity contribution in [1.29, 1.82) is 5.26 Å². The molecular formula is C18H22N6O. The van der Waals surface area contributed by atoms with Gasteiger partial charge in [0.05, 0.1) is 12.1 Å². The molecule has 0 saturated heterocycles. The van der Waals surface area contributed by atoms with Crippen molar-refractivity contribution < 1.29 is 4.79 Å². The average molecular weight is 338 g/mol. The van der Waals surface area contributed by atoms with E-state index >= 15 is 0 Å². The zero-order valence-electron chi connectivity index (χ0n) is 14.3. The molecule has 3 heterocycles. The summed E-state index contributed by atoms with van der Waals surface area (Å²) in [4.78, 5) is 13.1. The van der Waals surface area contributed by atoms with Crippen molar-refractivity contribution in [1.82, 2.24) is 24.5 Å². The van der Waals surface area contributed by atoms with E-state index in [9.17, 15) is 10.1 Å². The molecule has 0 N–H and O–H groups in total. The van der Waals surface area contributed by atoms with E-state index in [0.29, 0.717) is 11.5 Å². The minimum Gasteiger partial charge on any atom is -0.313 e. The van der Waals surface area contributed by atoms with E-state index in [0.717, 1.165) is 63.7 Å². The number of carbonyl (C=O) groups is 1. The van der Waals surface area contributed by atoms with Crippen molar-refractivity contribution >= 4 is 5.78 Å². The molecule has 7 heteroatoms. The second-order valence-electron chi connectivity index (χ2n) is 6.96. The molecule has 25 heavy (non-hydrogen) atoms. The van der Waals surface area contributed by atoms with Gasteiger partial charge in [-0.3, -0.25) is 9.48 Å². The van der Waals surface area contributed by atoms with Crippen LogP contribution in [0.1, 0.15) is 79.0 Å². The lowest BCUT2D eigenvalue weighted by Crippen LogP contribution is -2.22. The van der Waals surface area contributed by atoms with Gasteiger partial charge in [0, 0.05) is 19.2 Å². The molecular weight excluding hydrogens is 316 g/mol. The highest BCUT2D eigenvalue weighted by Gasteiger charge is 2.32.